The first kappa shape index (κ1) is 13.6. The molecule has 108 valence electrons. The minimum atomic E-state index is -0.511. The molecule has 1 atom stereocenters. The molecule has 1 amide bonds. The van der Waals surface area contributed by atoms with Crippen molar-refractivity contribution in [1.29, 1.82) is 0 Å². The van der Waals surface area contributed by atoms with Crippen LogP contribution in [0.5, 0.6) is 0 Å². The summed E-state index contributed by atoms with van der Waals surface area (Å²) in [5.74, 6) is 0.631. The molecule has 1 aliphatic heterocycles. The fourth-order valence-corrected chi connectivity index (χ4v) is 2.87. The van der Waals surface area contributed by atoms with Gasteiger partial charge in [0.05, 0.1) is 0 Å². The molecule has 1 aromatic carbocycles. The first-order valence-corrected chi connectivity index (χ1v) is 7.04. The Labute approximate surface area is 123 Å². The van der Waals surface area contributed by atoms with Crippen LogP contribution in [0.2, 0.25) is 0 Å². The Morgan fingerprint density at radius 3 is 2.81 bits per heavy atom. The highest BCUT2D eigenvalue weighted by Crippen LogP contribution is 2.41. The van der Waals surface area contributed by atoms with Crippen LogP contribution in [-0.2, 0) is 0 Å². The minimum absolute atomic E-state index is 0.284. The summed E-state index contributed by atoms with van der Waals surface area (Å²) in [6, 6.07) is 13.6. The number of aromatic nitrogens is 1. The molecule has 0 saturated carbocycles. The summed E-state index contributed by atoms with van der Waals surface area (Å²) in [6.07, 6.45) is 0.934. The van der Waals surface area contributed by atoms with Gasteiger partial charge in [-0.1, -0.05) is 24.3 Å². The van der Waals surface area contributed by atoms with Crippen LogP contribution in [0.1, 0.15) is 28.4 Å². The van der Waals surface area contributed by atoms with E-state index in [0.29, 0.717) is 12.5 Å². The van der Waals surface area contributed by atoms with Gasteiger partial charge in [0, 0.05) is 18.2 Å². The molecule has 1 unspecified atom stereocenters. The van der Waals surface area contributed by atoms with Gasteiger partial charge in [0.1, 0.15) is 11.5 Å². The maximum atomic E-state index is 11.3. The molecular formula is C16H18N4O. The fraction of sp³-hybridized carbons (Fsp3) is 0.250. The van der Waals surface area contributed by atoms with E-state index >= 15 is 0 Å². The zero-order chi connectivity index (χ0) is 14.8. The van der Waals surface area contributed by atoms with Crippen LogP contribution in [0, 0.1) is 0 Å². The number of hydrogen-bond donors (Lipinski definition) is 2. The lowest BCUT2D eigenvalue weighted by atomic mass is 9.98. The number of pyridine rings is 1. The predicted octanol–water partition coefficient (Wildman–Crippen LogP) is 1.76. The molecule has 3 rings (SSSR count). The molecule has 2 heterocycles. The van der Waals surface area contributed by atoms with Gasteiger partial charge in [0.2, 0.25) is 0 Å². The fourth-order valence-electron chi connectivity index (χ4n) is 2.87. The normalized spacial score (nSPS) is 16.8. The van der Waals surface area contributed by atoms with Crippen molar-refractivity contribution < 1.29 is 4.79 Å². The van der Waals surface area contributed by atoms with E-state index < -0.39 is 5.91 Å². The van der Waals surface area contributed by atoms with Crippen LogP contribution in [0.15, 0.2) is 42.5 Å². The molecule has 0 aliphatic carbocycles. The van der Waals surface area contributed by atoms with Crippen molar-refractivity contribution in [3.05, 3.63) is 53.7 Å². The summed E-state index contributed by atoms with van der Waals surface area (Å²) < 4.78 is 0. The van der Waals surface area contributed by atoms with Gasteiger partial charge < -0.3 is 16.4 Å². The second-order valence-corrected chi connectivity index (χ2v) is 5.19. The highest BCUT2D eigenvalue weighted by molar-refractivity contribution is 5.91. The Kier molecular flexibility index (Phi) is 3.58. The molecule has 5 heteroatoms. The van der Waals surface area contributed by atoms with E-state index in [2.05, 4.69) is 22.0 Å². The predicted molar refractivity (Wildman–Crippen MR) is 82.6 cm³/mol. The molecule has 0 saturated heterocycles. The Morgan fingerprint density at radius 2 is 2.05 bits per heavy atom. The van der Waals surface area contributed by atoms with E-state index in [-0.39, 0.29) is 5.69 Å². The highest BCUT2D eigenvalue weighted by Gasteiger charge is 2.29. The largest absolute Gasteiger partial charge is 0.364 e. The first-order valence-electron chi connectivity index (χ1n) is 7.04. The van der Waals surface area contributed by atoms with E-state index in [9.17, 15) is 4.79 Å². The van der Waals surface area contributed by atoms with Crippen LogP contribution in [-0.4, -0.2) is 24.0 Å². The number of nitrogens with zero attached hydrogens (tertiary/aromatic N) is 2. The van der Waals surface area contributed by atoms with Crippen LogP contribution < -0.4 is 16.4 Å². The lowest BCUT2D eigenvalue weighted by Crippen LogP contribution is -2.20. The molecule has 0 radical (unpaired) electrons. The highest BCUT2D eigenvalue weighted by atomic mass is 16.1. The monoisotopic (exact) mass is 282 g/mol. The third-order valence-corrected chi connectivity index (χ3v) is 3.85. The summed E-state index contributed by atoms with van der Waals surface area (Å²) in [6.45, 7) is 1.48. The maximum Gasteiger partial charge on any atom is 0.267 e. The Morgan fingerprint density at radius 1 is 1.24 bits per heavy atom. The van der Waals surface area contributed by atoms with Gasteiger partial charge in [-0.2, -0.15) is 0 Å². The Hall–Kier alpha value is -2.40. The number of fused-ring (bicyclic) bond motifs is 1. The summed E-state index contributed by atoms with van der Waals surface area (Å²) in [5.41, 5.74) is 13.7. The van der Waals surface area contributed by atoms with E-state index in [4.69, 9.17) is 11.5 Å². The lowest BCUT2D eigenvalue weighted by Gasteiger charge is -2.19. The van der Waals surface area contributed by atoms with Crippen LogP contribution >= 0.6 is 0 Å². The first-order chi connectivity index (χ1) is 10.2. The molecule has 4 N–H and O–H groups in total. The van der Waals surface area contributed by atoms with Gasteiger partial charge in [-0.15, -0.1) is 0 Å². The maximum absolute atomic E-state index is 11.3. The van der Waals surface area contributed by atoms with Crippen LogP contribution in [0.3, 0.4) is 0 Å². The van der Waals surface area contributed by atoms with Crippen molar-refractivity contribution in [2.75, 3.05) is 18.0 Å². The zero-order valence-electron chi connectivity index (χ0n) is 11.7. The summed E-state index contributed by atoms with van der Waals surface area (Å²) in [7, 11) is 0. The number of anilines is 2. The number of carbonyl (C=O) groups excluding carboxylic acids is 1. The molecule has 0 spiro atoms. The number of para-hydroxylation sites is 1. The summed E-state index contributed by atoms with van der Waals surface area (Å²) >= 11 is 0. The summed E-state index contributed by atoms with van der Waals surface area (Å²) in [5, 5.41) is 0. The Balaban J connectivity index is 2.00. The second-order valence-electron chi connectivity index (χ2n) is 5.19. The molecule has 0 fully saturated rings. The number of primary amides is 1. The Bertz CT molecular complexity index is 671. The van der Waals surface area contributed by atoms with E-state index in [1.54, 1.807) is 12.1 Å². The number of carbonyl (C=O) groups is 1. The number of hydrogen-bond acceptors (Lipinski definition) is 4. The SMILES string of the molecule is NCCC1CN(c2cccc(C(N)=O)n2)c2ccccc21. The summed E-state index contributed by atoms with van der Waals surface area (Å²) in [4.78, 5) is 17.8. The third-order valence-electron chi connectivity index (χ3n) is 3.85. The molecular weight excluding hydrogens is 264 g/mol. The number of rotatable bonds is 4. The average molecular weight is 282 g/mol. The number of benzene rings is 1. The quantitative estimate of drug-likeness (QED) is 0.895. The topological polar surface area (TPSA) is 85.2 Å². The van der Waals surface area contributed by atoms with Gasteiger partial charge in [-0.05, 0) is 36.7 Å². The smallest absolute Gasteiger partial charge is 0.267 e. The zero-order valence-corrected chi connectivity index (χ0v) is 11.7. The van der Waals surface area contributed by atoms with Gasteiger partial charge in [0.25, 0.3) is 5.91 Å². The van der Waals surface area contributed by atoms with Gasteiger partial charge >= 0.3 is 0 Å². The number of amides is 1. The van der Waals surface area contributed by atoms with Crippen molar-refractivity contribution in [3.63, 3.8) is 0 Å². The molecule has 21 heavy (non-hydrogen) atoms. The molecule has 1 aliphatic rings. The minimum Gasteiger partial charge on any atom is -0.364 e. The van der Waals surface area contributed by atoms with Crippen LogP contribution in [0.25, 0.3) is 0 Å². The second kappa shape index (κ2) is 5.54. The van der Waals surface area contributed by atoms with Crippen molar-refractivity contribution in [2.45, 2.75) is 12.3 Å². The molecule has 0 bridgehead atoms. The van der Waals surface area contributed by atoms with Crippen molar-refractivity contribution in [2.24, 2.45) is 11.5 Å². The molecule has 5 nitrogen and oxygen atoms in total. The molecule has 1 aromatic heterocycles. The van der Waals surface area contributed by atoms with Crippen molar-refractivity contribution in [1.82, 2.24) is 4.98 Å². The standard InChI is InChI=1S/C16H18N4O/c17-9-8-11-10-20(14-6-2-1-4-12(11)14)15-7-3-5-13(19-15)16(18)21/h1-7,11H,8-10,17H2,(H2,18,21). The number of nitrogens with two attached hydrogens (primary N) is 2. The van der Waals surface area contributed by atoms with Gasteiger partial charge in [0.15, 0.2) is 0 Å². The van der Waals surface area contributed by atoms with E-state index in [1.165, 1.54) is 5.56 Å². The van der Waals surface area contributed by atoms with Crippen molar-refractivity contribution in [3.8, 4) is 0 Å². The van der Waals surface area contributed by atoms with Gasteiger partial charge in [-0.25, -0.2) is 4.98 Å². The third kappa shape index (κ3) is 2.48. The lowest BCUT2D eigenvalue weighted by molar-refractivity contribution is 0.0995. The van der Waals surface area contributed by atoms with Gasteiger partial charge in [-0.3, -0.25) is 4.79 Å². The molecule has 2 aromatic rings. The van der Waals surface area contributed by atoms with Crippen molar-refractivity contribution >= 4 is 17.4 Å². The van der Waals surface area contributed by atoms with Crippen LogP contribution in [0.4, 0.5) is 11.5 Å². The van der Waals surface area contributed by atoms with E-state index in [1.807, 2.05) is 18.2 Å². The average Bonchev–Trinajstić information content (AvgIpc) is 2.87. The van der Waals surface area contributed by atoms with E-state index in [0.717, 1.165) is 24.5 Å².